The Labute approximate surface area is 170 Å². The maximum absolute atomic E-state index is 11.2. The summed E-state index contributed by atoms with van der Waals surface area (Å²) in [4.78, 5) is 11.2. The molecule has 0 aromatic rings. The Morgan fingerprint density at radius 2 is 1.89 bits per heavy atom. The summed E-state index contributed by atoms with van der Waals surface area (Å²) in [5, 5.41) is 0.111. The number of hydrogen-bond donors (Lipinski definition) is 0. The largest absolute Gasteiger partial charge is 0.466 e. The van der Waals surface area contributed by atoms with Gasteiger partial charge in [0.1, 0.15) is 12.2 Å². The van der Waals surface area contributed by atoms with Crippen molar-refractivity contribution in [2.75, 3.05) is 26.9 Å². The molecular formula is C21H36O6Si. The van der Waals surface area contributed by atoms with Gasteiger partial charge in [-0.3, -0.25) is 0 Å². The van der Waals surface area contributed by atoms with Gasteiger partial charge in [0, 0.05) is 12.7 Å². The fourth-order valence-electron chi connectivity index (χ4n) is 2.19. The van der Waals surface area contributed by atoms with Gasteiger partial charge in [0.05, 0.1) is 20.3 Å². The van der Waals surface area contributed by atoms with Crippen LogP contribution in [-0.4, -0.2) is 59.7 Å². The van der Waals surface area contributed by atoms with E-state index in [0.29, 0.717) is 18.8 Å². The predicted molar refractivity (Wildman–Crippen MR) is 113 cm³/mol. The van der Waals surface area contributed by atoms with E-state index in [-0.39, 0.29) is 23.9 Å². The van der Waals surface area contributed by atoms with Gasteiger partial charge in [0.2, 0.25) is 0 Å². The molecule has 0 unspecified atom stereocenters. The fraction of sp³-hybridized carbons (Fsp3) is 0.667. The average Bonchev–Trinajstić information content (AvgIpc) is 2.62. The van der Waals surface area contributed by atoms with Crippen molar-refractivity contribution < 1.29 is 28.2 Å². The van der Waals surface area contributed by atoms with Gasteiger partial charge in [-0.2, -0.15) is 0 Å². The number of hydrogen-bond acceptors (Lipinski definition) is 6. The summed E-state index contributed by atoms with van der Waals surface area (Å²) in [7, 11) is -0.583. The van der Waals surface area contributed by atoms with Crippen molar-refractivity contribution in [2.24, 2.45) is 0 Å². The Balaban J connectivity index is 2.73. The third-order valence-electron chi connectivity index (χ3n) is 5.00. The molecule has 3 atom stereocenters. The molecule has 0 radical (unpaired) electrons. The monoisotopic (exact) mass is 412 g/mol. The van der Waals surface area contributed by atoms with E-state index < -0.39 is 20.6 Å². The molecule has 0 fully saturated rings. The molecule has 1 heterocycles. The Morgan fingerprint density at radius 1 is 1.21 bits per heavy atom. The lowest BCUT2D eigenvalue weighted by atomic mass is 10.1. The van der Waals surface area contributed by atoms with E-state index in [4.69, 9.17) is 18.6 Å². The smallest absolute Gasteiger partial charge is 0.330 e. The molecule has 0 aliphatic carbocycles. The second kappa shape index (κ2) is 11.1. The number of carbonyl (C=O) groups is 1. The summed E-state index contributed by atoms with van der Waals surface area (Å²) < 4.78 is 28.5. The molecule has 6 nitrogen and oxygen atoms in total. The van der Waals surface area contributed by atoms with Gasteiger partial charge in [-0.1, -0.05) is 39.5 Å². The van der Waals surface area contributed by atoms with Crippen molar-refractivity contribution in [1.29, 1.82) is 0 Å². The van der Waals surface area contributed by atoms with Crippen LogP contribution in [0.3, 0.4) is 0 Å². The van der Waals surface area contributed by atoms with E-state index in [1.165, 1.54) is 13.2 Å². The summed E-state index contributed by atoms with van der Waals surface area (Å²) in [5.74, 6) is -0.428. The van der Waals surface area contributed by atoms with Gasteiger partial charge in [0.25, 0.3) is 0 Å². The third kappa shape index (κ3) is 8.01. The minimum atomic E-state index is -1.91. The lowest BCUT2D eigenvalue weighted by Gasteiger charge is -2.39. The van der Waals surface area contributed by atoms with E-state index in [9.17, 15) is 4.79 Å². The second-order valence-corrected chi connectivity index (χ2v) is 13.1. The van der Waals surface area contributed by atoms with E-state index in [1.807, 2.05) is 19.1 Å². The third-order valence-corrected chi connectivity index (χ3v) is 9.50. The summed E-state index contributed by atoms with van der Waals surface area (Å²) >= 11 is 0. The van der Waals surface area contributed by atoms with Crippen LogP contribution < -0.4 is 0 Å². The second-order valence-electron chi connectivity index (χ2n) is 8.24. The summed E-state index contributed by atoms with van der Waals surface area (Å²) in [6, 6.07) is 0. The molecule has 1 aliphatic rings. The molecule has 0 saturated heterocycles. The van der Waals surface area contributed by atoms with Gasteiger partial charge in [-0.25, -0.2) is 4.79 Å². The topological polar surface area (TPSA) is 63.2 Å². The number of methoxy groups -OCH3 is 1. The zero-order valence-electron chi connectivity index (χ0n) is 18.3. The zero-order chi connectivity index (χ0) is 21.4. The Bertz CT molecular complexity index is 576. The Kier molecular flexibility index (Phi) is 9.80. The lowest BCUT2D eigenvalue weighted by molar-refractivity contribution is -0.183. The van der Waals surface area contributed by atoms with Crippen LogP contribution in [0.5, 0.6) is 0 Å². The minimum absolute atomic E-state index is 0.111. The van der Waals surface area contributed by atoms with Crippen LogP contribution in [-0.2, 0) is 28.2 Å². The molecule has 0 bridgehead atoms. The van der Waals surface area contributed by atoms with E-state index in [2.05, 4.69) is 45.2 Å². The van der Waals surface area contributed by atoms with Crippen LogP contribution in [0.25, 0.3) is 0 Å². The van der Waals surface area contributed by atoms with Crippen LogP contribution in [0.15, 0.2) is 36.5 Å². The van der Waals surface area contributed by atoms with Crippen LogP contribution in [0.1, 0.15) is 27.7 Å². The Morgan fingerprint density at radius 3 is 2.46 bits per heavy atom. The lowest BCUT2D eigenvalue weighted by Crippen LogP contribution is -2.47. The maximum atomic E-state index is 11.2. The van der Waals surface area contributed by atoms with Gasteiger partial charge >= 0.3 is 5.97 Å². The summed E-state index contributed by atoms with van der Waals surface area (Å²) in [6.45, 7) is 18.1. The van der Waals surface area contributed by atoms with Crippen molar-refractivity contribution in [3.05, 3.63) is 36.5 Å². The molecule has 7 heteroatoms. The highest BCUT2D eigenvalue weighted by Gasteiger charge is 2.39. The first kappa shape index (κ1) is 24.8. The number of rotatable bonds is 10. The maximum Gasteiger partial charge on any atom is 0.330 e. The van der Waals surface area contributed by atoms with E-state index in [1.54, 1.807) is 6.08 Å². The average molecular weight is 413 g/mol. The first-order chi connectivity index (χ1) is 13.0. The van der Waals surface area contributed by atoms with Gasteiger partial charge in [-0.15, -0.1) is 0 Å². The molecule has 1 rings (SSSR count). The molecule has 0 spiro atoms. The first-order valence-electron chi connectivity index (χ1n) is 9.65. The molecule has 0 amide bonds. The quantitative estimate of drug-likeness (QED) is 0.178. The molecule has 28 heavy (non-hydrogen) atoms. The van der Waals surface area contributed by atoms with E-state index >= 15 is 0 Å². The molecule has 0 N–H and O–H groups in total. The SMILES string of the molecule is C=C(/C=C/C(=O)OC)CO[C@H]1C=C[C@@H](OCC)O[C@@H]1CO[Si](C)(C)C(C)(C)C. The highest BCUT2D eigenvalue weighted by molar-refractivity contribution is 6.74. The molecule has 0 aromatic carbocycles. The molecule has 1 aliphatic heterocycles. The Hall–Kier alpha value is -1.25. The van der Waals surface area contributed by atoms with Crippen molar-refractivity contribution >= 4 is 14.3 Å². The van der Waals surface area contributed by atoms with Gasteiger partial charge in [-0.05, 0) is 36.7 Å². The van der Waals surface area contributed by atoms with Crippen LogP contribution in [0, 0.1) is 0 Å². The van der Waals surface area contributed by atoms with Gasteiger partial charge < -0.3 is 23.4 Å². The zero-order valence-corrected chi connectivity index (χ0v) is 19.3. The van der Waals surface area contributed by atoms with Crippen molar-refractivity contribution in [3.8, 4) is 0 Å². The van der Waals surface area contributed by atoms with E-state index in [0.717, 1.165) is 0 Å². The predicted octanol–water partition coefficient (Wildman–Crippen LogP) is 4.00. The van der Waals surface area contributed by atoms with Crippen molar-refractivity contribution in [1.82, 2.24) is 0 Å². The summed E-state index contributed by atoms with van der Waals surface area (Å²) in [5.41, 5.74) is 0.662. The van der Waals surface area contributed by atoms with Crippen LogP contribution in [0.2, 0.25) is 18.1 Å². The summed E-state index contributed by atoms with van der Waals surface area (Å²) in [6.07, 6.45) is 5.73. The minimum Gasteiger partial charge on any atom is -0.466 e. The highest BCUT2D eigenvalue weighted by Crippen LogP contribution is 2.37. The van der Waals surface area contributed by atoms with Crippen LogP contribution >= 0.6 is 0 Å². The fourth-order valence-corrected chi connectivity index (χ4v) is 3.20. The van der Waals surface area contributed by atoms with Crippen molar-refractivity contribution in [2.45, 2.75) is 64.3 Å². The van der Waals surface area contributed by atoms with Crippen LogP contribution in [0.4, 0.5) is 0 Å². The first-order valence-corrected chi connectivity index (χ1v) is 12.6. The van der Waals surface area contributed by atoms with Crippen molar-refractivity contribution in [3.63, 3.8) is 0 Å². The highest BCUT2D eigenvalue weighted by atomic mass is 28.4. The molecule has 160 valence electrons. The number of carbonyl (C=O) groups excluding carboxylic acids is 1. The molecule has 0 saturated carbocycles. The normalized spacial score (nSPS) is 23.2. The number of esters is 1. The molecular weight excluding hydrogens is 376 g/mol. The standard InChI is InChI=1S/C21H36O6Si/c1-9-24-20-13-11-17(25-14-16(2)10-12-19(22)23-6)18(27-20)15-26-28(7,8)21(3,4)5/h10-13,17-18,20H,2,9,14-15H2,1,3-8H3/b12-10+/t17-,18+,20-/m0/s1. The number of ether oxygens (including phenoxy) is 4. The molecule has 0 aromatic heterocycles. The van der Waals surface area contributed by atoms with Gasteiger partial charge in [0.15, 0.2) is 14.6 Å².